The lowest BCUT2D eigenvalue weighted by Crippen LogP contribution is -2.33. The van der Waals surface area contributed by atoms with Crippen LogP contribution in [0.3, 0.4) is 0 Å². The van der Waals surface area contributed by atoms with Crippen molar-refractivity contribution in [1.82, 2.24) is 9.78 Å². The van der Waals surface area contributed by atoms with Crippen molar-refractivity contribution in [3.63, 3.8) is 0 Å². The van der Waals surface area contributed by atoms with E-state index < -0.39 is 29.0 Å². The van der Waals surface area contributed by atoms with E-state index in [9.17, 15) is 26.7 Å². The fourth-order valence-electron chi connectivity index (χ4n) is 4.38. The van der Waals surface area contributed by atoms with Gasteiger partial charge < -0.3 is 9.29 Å². The number of aromatic nitrogens is 2. The number of ether oxygens (including phenoxy) is 1. The van der Waals surface area contributed by atoms with Gasteiger partial charge in [0.1, 0.15) is 0 Å². The molecule has 11 heteroatoms. The topological polar surface area (TPSA) is 87.5 Å². The van der Waals surface area contributed by atoms with Gasteiger partial charge in [-0.2, -0.15) is 18.3 Å². The molecule has 35 heavy (non-hydrogen) atoms. The number of esters is 1. The lowest BCUT2D eigenvalue weighted by molar-refractivity contribution is -0.141. The Morgan fingerprint density at radius 2 is 1.97 bits per heavy atom. The molecule has 0 amide bonds. The van der Waals surface area contributed by atoms with Gasteiger partial charge in [-0.05, 0) is 54.7 Å². The van der Waals surface area contributed by atoms with Gasteiger partial charge in [0, 0.05) is 28.2 Å². The van der Waals surface area contributed by atoms with Gasteiger partial charge in [0.2, 0.25) is 0 Å². The van der Waals surface area contributed by atoms with Crippen LogP contribution in [0.15, 0.2) is 54.7 Å². The maximum atomic E-state index is 13.1. The van der Waals surface area contributed by atoms with Crippen molar-refractivity contribution >= 4 is 22.9 Å². The lowest BCUT2D eigenvalue weighted by Gasteiger charge is -2.37. The molecule has 0 fully saturated rings. The van der Waals surface area contributed by atoms with Crippen LogP contribution in [-0.2, 0) is 39.9 Å². The van der Waals surface area contributed by atoms with Gasteiger partial charge in [-0.1, -0.05) is 24.3 Å². The van der Waals surface area contributed by atoms with E-state index in [0.29, 0.717) is 36.2 Å². The van der Waals surface area contributed by atoms with Gasteiger partial charge in [-0.25, -0.2) is 0 Å². The summed E-state index contributed by atoms with van der Waals surface area (Å²) in [5, 5.41) is 4.36. The molecule has 1 aliphatic rings. The third kappa shape index (κ3) is 5.40. The number of methoxy groups -OCH3 is 1. The summed E-state index contributed by atoms with van der Waals surface area (Å²) in [6.45, 7) is 0.334. The highest BCUT2D eigenvalue weighted by molar-refractivity contribution is 7.80. The maximum absolute atomic E-state index is 13.1. The Hall–Kier alpha value is -3.18. The van der Waals surface area contributed by atoms with Gasteiger partial charge in [0.05, 0.1) is 37.9 Å². The summed E-state index contributed by atoms with van der Waals surface area (Å²) >= 11 is -2.61. The fourth-order valence-corrected chi connectivity index (χ4v) is 5.10. The first kappa shape index (κ1) is 24.9. The fraction of sp³-hybridized carbons (Fsp3) is 0.333. The van der Waals surface area contributed by atoms with Crippen LogP contribution in [0.1, 0.15) is 42.1 Å². The molecule has 2 unspecified atom stereocenters. The van der Waals surface area contributed by atoms with Crippen LogP contribution < -0.4 is 4.31 Å². The number of aryl methyl sites for hydroxylation is 1. The number of fused-ring (bicyclic) bond motifs is 1. The molecular formula is C24H23F3N3O4S-. The highest BCUT2D eigenvalue weighted by Crippen LogP contribution is 2.39. The molecular weight excluding hydrogens is 483 g/mol. The monoisotopic (exact) mass is 506 g/mol. The maximum Gasteiger partial charge on any atom is 0.416 e. The summed E-state index contributed by atoms with van der Waals surface area (Å²) < 4.78 is 71.5. The second-order valence-electron chi connectivity index (χ2n) is 8.17. The van der Waals surface area contributed by atoms with Crippen molar-refractivity contribution in [1.29, 1.82) is 0 Å². The smallest absolute Gasteiger partial charge is 0.416 e. The first-order chi connectivity index (χ1) is 16.7. The summed E-state index contributed by atoms with van der Waals surface area (Å²) in [5.41, 5.74) is 2.22. The summed E-state index contributed by atoms with van der Waals surface area (Å²) in [6.07, 6.45) is -0.638. The Kier molecular flexibility index (Phi) is 7.27. The van der Waals surface area contributed by atoms with Crippen LogP contribution in [0.2, 0.25) is 0 Å². The Morgan fingerprint density at radius 1 is 1.23 bits per heavy atom. The molecule has 0 aliphatic heterocycles. The molecule has 2 atom stereocenters. The van der Waals surface area contributed by atoms with Crippen molar-refractivity contribution in [2.24, 2.45) is 0 Å². The van der Waals surface area contributed by atoms with E-state index in [2.05, 4.69) is 9.84 Å². The zero-order valence-electron chi connectivity index (χ0n) is 18.8. The van der Waals surface area contributed by atoms with E-state index in [1.165, 1.54) is 17.5 Å². The molecule has 1 aromatic heterocycles. The lowest BCUT2D eigenvalue weighted by atomic mass is 9.92. The molecule has 0 N–H and O–H groups in total. The van der Waals surface area contributed by atoms with Crippen LogP contribution >= 0.6 is 0 Å². The molecule has 0 spiro atoms. The number of alkyl halides is 3. The molecule has 0 saturated carbocycles. The van der Waals surface area contributed by atoms with Gasteiger partial charge >= 0.3 is 12.1 Å². The van der Waals surface area contributed by atoms with Gasteiger partial charge in [0.15, 0.2) is 0 Å². The summed E-state index contributed by atoms with van der Waals surface area (Å²) in [5.74, 6) is -0.357. The van der Waals surface area contributed by atoms with E-state index in [1.54, 1.807) is 41.2 Å². The number of rotatable bonds is 7. The van der Waals surface area contributed by atoms with Crippen molar-refractivity contribution in [3.05, 3.63) is 71.5 Å². The van der Waals surface area contributed by atoms with Crippen molar-refractivity contribution in [3.8, 4) is 11.1 Å². The first-order valence-corrected chi connectivity index (χ1v) is 12.0. The predicted octanol–water partition coefficient (Wildman–Crippen LogP) is 4.81. The van der Waals surface area contributed by atoms with E-state index in [4.69, 9.17) is 0 Å². The molecule has 4 rings (SSSR count). The van der Waals surface area contributed by atoms with Gasteiger partial charge in [0.25, 0.3) is 0 Å². The van der Waals surface area contributed by atoms with Crippen LogP contribution in [0, 0.1) is 0 Å². The molecule has 1 aliphatic carbocycles. The first-order valence-electron chi connectivity index (χ1n) is 11.0. The number of hydrogen-bond donors (Lipinski definition) is 0. The van der Waals surface area contributed by atoms with Crippen LogP contribution in [0.5, 0.6) is 0 Å². The van der Waals surface area contributed by atoms with Gasteiger partial charge in [-0.15, -0.1) is 0 Å². The standard InChI is InChI=1S/C24H24F3N3O4S/c1-34-23(31)12-13-29-21-6-3-7-22(20(21)15-28-29)30(35(32)33)19-10-8-16(9-11-19)17-4-2-5-18(14-17)24(25,26)27/h2,4-5,8-11,14-15,22H,3,6-7,12-13H2,1H3,(H,32,33)/p-1. The molecule has 3 aromatic rings. The zero-order chi connectivity index (χ0) is 25.2. The van der Waals surface area contributed by atoms with E-state index in [-0.39, 0.29) is 12.4 Å². The average molecular weight is 507 g/mol. The summed E-state index contributed by atoms with van der Waals surface area (Å²) in [7, 11) is 1.32. The molecule has 0 bridgehead atoms. The minimum atomic E-state index is -4.45. The number of hydrogen-bond acceptors (Lipinski definition) is 5. The number of nitrogens with zero attached hydrogens (tertiary/aromatic N) is 3. The largest absolute Gasteiger partial charge is 0.755 e. The highest BCUT2D eigenvalue weighted by atomic mass is 32.2. The molecule has 7 nitrogen and oxygen atoms in total. The van der Waals surface area contributed by atoms with Crippen LogP contribution in [-0.4, -0.2) is 31.6 Å². The van der Waals surface area contributed by atoms with Crippen molar-refractivity contribution in [2.45, 2.75) is 44.4 Å². The van der Waals surface area contributed by atoms with Crippen molar-refractivity contribution < 1.29 is 31.5 Å². The minimum absolute atomic E-state index is 0.156. The number of benzene rings is 2. The van der Waals surface area contributed by atoms with Gasteiger partial charge in [-0.3, -0.25) is 18.0 Å². The SMILES string of the molecule is COC(=O)CCn1ncc2c1CCCC2N(c1ccc(-c2cccc(C(F)(F)F)c2)cc1)S(=O)[O-]. The number of carbonyl (C=O) groups excluding carboxylic acids is 1. The quantitative estimate of drug-likeness (QED) is 0.339. The predicted molar refractivity (Wildman–Crippen MR) is 123 cm³/mol. The number of halogens is 3. The Bertz CT molecular complexity index is 1230. The van der Waals surface area contributed by atoms with E-state index in [0.717, 1.165) is 29.8 Å². The van der Waals surface area contributed by atoms with E-state index in [1.807, 2.05) is 0 Å². The Morgan fingerprint density at radius 3 is 2.63 bits per heavy atom. The van der Waals surface area contributed by atoms with Crippen molar-refractivity contribution in [2.75, 3.05) is 11.4 Å². The molecule has 186 valence electrons. The molecule has 1 heterocycles. The Balaban J connectivity index is 1.61. The summed E-state index contributed by atoms with van der Waals surface area (Å²) in [4.78, 5) is 11.5. The average Bonchev–Trinajstić information content (AvgIpc) is 3.26. The molecule has 0 radical (unpaired) electrons. The Labute approximate surface area is 202 Å². The third-order valence-corrected chi connectivity index (χ3v) is 6.86. The second-order valence-corrected chi connectivity index (χ2v) is 9.00. The number of carbonyl (C=O) groups is 1. The minimum Gasteiger partial charge on any atom is -0.755 e. The normalized spacial score (nSPS) is 16.4. The highest BCUT2D eigenvalue weighted by Gasteiger charge is 2.31. The summed E-state index contributed by atoms with van der Waals surface area (Å²) in [6, 6.07) is 10.9. The van der Waals surface area contributed by atoms with Crippen LogP contribution in [0.4, 0.5) is 18.9 Å². The zero-order valence-corrected chi connectivity index (χ0v) is 19.6. The van der Waals surface area contributed by atoms with E-state index >= 15 is 0 Å². The molecule has 0 saturated heterocycles. The molecule has 2 aromatic carbocycles. The number of anilines is 1. The van der Waals surface area contributed by atoms with Crippen LogP contribution in [0.25, 0.3) is 11.1 Å². The second kappa shape index (κ2) is 10.2. The third-order valence-electron chi connectivity index (χ3n) is 6.08.